The van der Waals surface area contributed by atoms with Crippen molar-refractivity contribution in [3.05, 3.63) is 30.2 Å². The van der Waals surface area contributed by atoms with E-state index in [2.05, 4.69) is 26.9 Å². The van der Waals surface area contributed by atoms with E-state index in [0.29, 0.717) is 25.1 Å². The molecule has 6 nitrogen and oxygen atoms in total. The van der Waals surface area contributed by atoms with Crippen molar-refractivity contribution in [2.24, 2.45) is 0 Å². The summed E-state index contributed by atoms with van der Waals surface area (Å²) < 4.78 is 10.4. The van der Waals surface area contributed by atoms with Gasteiger partial charge in [0, 0.05) is 24.2 Å². The smallest absolute Gasteiger partial charge is 0.320 e. The lowest BCUT2D eigenvalue weighted by atomic mass is 10.3. The van der Waals surface area contributed by atoms with Crippen LogP contribution in [0.25, 0.3) is 0 Å². The van der Waals surface area contributed by atoms with Gasteiger partial charge in [-0.3, -0.25) is 0 Å². The number of hydrogen-bond donors (Lipinski definition) is 2. The summed E-state index contributed by atoms with van der Waals surface area (Å²) in [6, 6.07) is 8.42. The van der Waals surface area contributed by atoms with Gasteiger partial charge in [0.1, 0.15) is 0 Å². The van der Waals surface area contributed by atoms with Crippen LogP contribution in [0.4, 0.5) is 11.7 Å². The fraction of sp³-hybridized carbons (Fsp3) is 0.385. The summed E-state index contributed by atoms with van der Waals surface area (Å²) in [5.41, 5.74) is 0.930. The summed E-state index contributed by atoms with van der Waals surface area (Å²) in [4.78, 5) is 1.18. The first-order chi connectivity index (χ1) is 9.81. The minimum Gasteiger partial charge on any atom is -0.406 e. The molecule has 0 aliphatic heterocycles. The molecule has 0 atom stereocenters. The molecule has 20 heavy (non-hydrogen) atoms. The minimum atomic E-state index is 0.395. The van der Waals surface area contributed by atoms with Crippen LogP contribution >= 0.6 is 11.8 Å². The predicted octanol–water partition coefficient (Wildman–Crippen LogP) is 2.27. The largest absolute Gasteiger partial charge is 0.406 e. The van der Waals surface area contributed by atoms with Crippen LogP contribution in [0.15, 0.2) is 33.6 Å². The third-order valence-corrected chi connectivity index (χ3v) is 3.27. The molecular formula is C13H18N4O2S. The maximum Gasteiger partial charge on any atom is 0.320 e. The Morgan fingerprint density at radius 3 is 3.05 bits per heavy atom. The van der Waals surface area contributed by atoms with E-state index in [0.717, 1.165) is 12.2 Å². The Morgan fingerprint density at radius 1 is 1.35 bits per heavy atom. The molecule has 7 heteroatoms. The van der Waals surface area contributed by atoms with Gasteiger partial charge < -0.3 is 19.8 Å². The second-order valence-electron chi connectivity index (χ2n) is 4.03. The van der Waals surface area contributed by atoms with Gasteiger partial charge >= 0.3 is 6.01 Å². The Labute approximate surface area is 122 Å². The lowest BCUT2D eigenvalue weighted by molar-refractivity contribution is 0.198. The zero-order chi connectivity index (χ0) is 14.2. The number of hydrogen-bond acceptors (Lipinski definition) is 7. The van der Waals surface area contributed by atoms with E-state index >= 15 is 0 Å². The first-order valence-electron chi connectivity index (χ1n) is 6.25. The second-order valence-corrected chi connectivity index (χ2v) is 4.91. The van der Waals surface area contributed by atoms with Crippen molar-refractivity contribution in [3.63, 3.8) is 0 Å². The third kappa shape index (κ3) is 4.52. The molecule has 2 N–H and O–H groups in total. The average Bonchev–Trinajstić information content (AvgIpc) is 2.91. The zero-order valence-corrected chi connectivity index (χ0v) is 12.4. The van der Waals surface area contributed by atoms with Crippen molar-refractivity contribution in [2.75, 3.05) is 31.8 Å². The number of rotatable bonds is 8. The molecule has 0 unspecified atom stereocenters. The Kier molecular flexibility index (Phi) is 5.85. The Bertz CT molecular complexity index is 533. The van der Waals surface area contributed by atoms with Crippen LogP contribution in [-0.2, 0) is 11.3 Å². The molecule has 1 aromatic carbocycles. The molecule has 2 rings (SSSR count). The van der Waals surface area contributed by atoms with E-state index in [1.165, 1.54) is 4.90 Å². The molecule has 0 spiro atoms. The van der Waals surface area contributed by atoms with Gasteiger partial charge in [0.25, 0.3) is 0 Å². The number of ether oxygens (including phenoxy) is 1. The van der Waals surface area contributed by atoms with E-state index in [-0.39, 0.29) is 0 Å². The van der Waals surface area contributed by atoms with Crippen LogP contribution in [-0.4, -0.2) is 36.7 Å². The lowest BCUT2D eigenvalue weighted by Gasteiger charge is -2.03. The fourth-order valence-corrected chi connectivity index (χ4v) is 2.03. The molecule has 0 saturated carbocycles. The molecule has 0 aliphatic carbocycles. The highest BCUT2D eigenvalue weighted by Gasteiger charge is 2.06. The quantitative estimate of drug-likeness (QED) is 0.571. The Morgan fingerprint density at radius 2 is 2.25 bits per heavy atom. The number of aromatic nitrogens is 2. The summed E-state index contributed by atoms with van der Waals surface area (Å²) in [7, 11) is 1.67. The first kappa shape index (κ1) is 14.8. The number of anilines is 2. The van der Waals surface area contributed by atoms with Crippen LogP contribution in [0.1, 0.15) is 5.89 Å². The summed E-state index contributed by atoms with van der Waals surface area (Å²) in [5, 5.41) is 14.2. The molecular weight excluding hydrogens is 276 g/mol. The number of benzene rings is 1. The van der Waals surface area contributed by atoms with Crippen molar-refractivity contribution in [2.45, 2.75) is 11.4 Å². The number of nitrogens with zero attached hydrogens (tertiary/aromatic N) is 2. The monoisotopic (exact) mass is 294 g/mol. The SMILES string of the molecule is COCCNCc1nnc(Nc2cccc(SC)c2)o1. The number of nitrogens with one attached hydrogen (secondary N) is 2. The number of methoxy groups -OCH3 is 1. The first-order valence-corrected chi connectivity index (χ1v) is 7.47. The van der Waals surface area contributed by atoms with Crippen molar-refractivity contribution >= 4 is 23.5 Å². The molecule has 0 fully saturated rings. The summed E-state index contributed by atoms with van der Waals surface area (Å²) in [5.74, 6) is 0.546. The highest BCUT2D eigenvalue weighted by atomic mass is 32.2. The highest BCUT2D eigenvalue weighted by Crippen LogP contribution is 2.21. The molecule has 2 aromatic rings. The van der Waals surface area contributed by atoms with Crippen LogP contribution in [0.5, 0.6) is 0 Å². The fourth-order valence-electron chi connectivity index (χ4n) is 1.57. The van der Waals surface area contributed by atoms with Gasteiger partial charge in [-0.05, 0) is 24.5 Å². The molecule has 1 aromatic heterocycles. The van der Waals surface area contributed by atoms with Gasteiger partial charge in [0.05, 0.1) is 13.2 Å². The van der Waals surface area contributed by atoms with Gasteiger partial charge in [-0.15, -0.1) is 16.9 Å². The summed E-state index contributed by atoms with van der Waals surface area (Å²) >= 11 is 1.69. The maximum absolute atomic E-state index is 5.50. The van der Waals surface area contributed by atoms with Crippen molar-refractivity contribution in [1.29, 1.82) is 0 Å². The Balaban J connectivity index is 1.88. The van der Waals surface area contributed by atoms with Gasteiger partial charge in [0.2, 0.25) is 5.89 Å². The predicted molar refractivity (Wildman–Crippen MR) is 79.4 cm³/mol. The van der Waals surface area contributed by atoms with Gasteiger partial charge in [0.15, 0.2) is 0 Å². The van der Waals surface area contributed by atoms with E-state index in [9.17, 15) is 0 Å². The Hall–Kier alpha value is -1.57. The van der Waals surface area contributed by atoms with Gasteiger partial charge in [-0.2, -0.15) is 0 Å². The van der Waals surface area contributed by atoms with E-state index in [4.69, 9.17) is 9.15 Å². The van der Waals surface area contributed by atoms with E-state index in [1.807, 2.05) is 24.5 Å². The van der Waals surface area contributed by atoms with Crippen LogP contribution in [0.3, 0.4) is 0 Å². The molecule has 1 heterocycles. The highest BCUT2D eigenvalue weighted by molar-refractivity contribution is 7.98. The van der Waals surface area contributed by atoms with Crippen molar-refractivity contribution in [1.82, 2.24) is 15.5 Å². The number of thioether (sulfide) groups is 1. The van der Waals surface area contributed by atoms with Gasteiger partial charge in [-0.25, -0.2) is 0 Å². The topological polar surface area (TPSA) is 72.2 Å². The normalized spacial score (nSPS) is 10.7. The molecule has 0 aliphatic rings. The van der Waals surface area contributed by atoms with E-state index < -0.39 is 0 Å². The zero-order valence-electron chi connectivity index (χ0n) is 11.5. The molecule has 0 amide bonds. The standard InChI is InChI=1S/C13H18N4O2S/c1-18-7-6-14-9-12-16-17-13(19-12)15-10-4-3-5-11(8-10)20-2/h3-5,8,14H,6-7,9H2,1-2H3,(H,15,17). The van der Waals surface area contributed by atoms with Crippen molar-refractivity contribution in [3.8, 4) is 0 Å². The summed E-state index contributed by atoms with van der Waals surface area (Å²) in [6.07, 6.45) is 2.04. The lowest BCUT2D eigenvalue weighted by Crippen LogP contribution is -2.18. The second kappa shape index (κ2) is 7.88. The minimum absolute atomic E-state index is 0.395. The van der Waals surface area contributed by atoms with E-state index in [1.54, 1.807) is 18.9 Å². The molecule has 0 radical (unpaired) electrons. The van der Waals surface area contributed by atoms with Gasteiger partial charge in [-0.1, -0.05) is 11.2 Å². The molecule has 0 bridgehead atoms. The summed E-state index contributed by atoms with van der Waals surface area (Å²) in [6.45, 7) is 1.93. The van der Waals surface area contributed by atoms with Crippen LogP contribution < -0.4 is 10.6 Å². The molecule has 108 valence electrons. The average molecular weight is 294 g/mol. The molecule has 0 saturated heterocycles. The van der Waals surface area contributed by atoms with Crippen LogP contribution in [0.2, 0.25) is 0 Å². The maximum atomic E-state index is 5.50. The third-order valence-electron chi connectivity index (χ3n) is 2.55. The van der Waals surface area contributed by atoms with Crippen molar-refractivity contribution < 1.29 is 9.15 Å². The van der Waals surface area contributed by atoms with Crippen LogP contribution in [0, 0.1) is 0 Å².